The molecule has 2 aromatic carbocycles. The quantitative estimate of drug-likeness (QED) is 0.309. The Hall–Kier alpha value is -2.14. The molecule has 0 amide bonds. The molecule has 9 heteroatoms. The fourth-order valence-electron chi connectivity index (χ4n) is 3.94. The van der Waals surface area contributed by atoms with Gasteiger partial charge in [0.1, 0.15) is 30.2 Å². The van der Waals surface area contributed by atoms with Crippen molar-refractivity contribution in [1.29, 1.82) is 0 Å². The van der Waals surface area contributed by atoms with Crippen LogP contribution in [0.15, 0.2) is 36.4 Å². The maximum Gasteiger partial charge on any atom is 0.229 e. The zero-order chi connectivity index (χ0) is 23.0. The summed E-state index contributed by atoms with van der Waals surface area (Å²) in [6.07, 6.45) is -6.19. The summed E-state index contributed by atoms with van der Waals surface area (Å²) in [6, 6.07) is 11.9. The van der Waals surface area contributed by atoms with Crippen molar-refractivity contribution in [3.8, 4) is 5.75 Å². The molecule has 32 heavy (non-hydrogen) atoms. The van der Waals surface area contributed by atoms with E-state index in [-0.39, 0.29) is 5.25 Å². The number of rotatable bonds is 6. The van der Waals surface area contributed by atoms with Crippen LogP contribution in [0, 0.1) is 6.92 Å². The number of fused-ring (bicyclic) bond motifs is 1. The van der Waals surface area contributed by atoms with Gasteiger partial charge in [-0.2, -0.15) is 17.7 Å². The fourth-order valence-corrected chi connectivity index (χ4v) is 4.11. The monoisotopic (exact) mass is 460 g/mol. The number of nitrogens with zero attached hydrogens (tertiary/aromatic N) is 1. The van der Waals surface area contributed by atoms with Crippen LogP contribution in [0.5, 0.6) is 5.75 Å². The second kappa shape index (κ2) is 9.38. The molecule has 0 spiro atoms. The van der Waals surface area contributed by atoms with E-state index in [2.05, 4.69) is 22.8 Å². The van der Waals surface area contributed by atoms with Gasteiger partial charge in [0.2, 0.25) is 6.29 Å². The molecule has 0 aliphatic carbocycles. The van der Waals surface area contributed by atoms with Crippen molar-refractivity contribution in [2.45, 2.75) is 56.2 Å². The molecule has 8 nitrogen and oxygen atoms in total. The molecule has 3 aromatic rings. The number of H-pyrrole nitrogens is 1. The molecule has 0 bridgehead atoms. The van der Waals surface area contributed by atoms with Gasteiger partial charge >= 0.3 is 0 Å². The van der Waals surface area contributed by atoms with Crippen LogP contribution in [0.1, 0.15) is 34.6 Å². The van der Waals surface area contributed by atoms with Crippen molar-refractivity contribution < 1.29 is 29.9 Å². The molecular formula is C23H28N2O6S. The number of aliphatic hydroxyl groups is 4. The molecule has 4 rings (SSSR count). The van der Waals surface area contributed by atoms with Crippen LogP contribution >= 0.6 is 12.6 Å². The van der Waals surface area contributed by atoms with E-state index in [0.717, 1.165) is 27.8 Å². The Morgan fingerprint density at radius 1 is 1.12 bits per heavy atom. The van der Waals surface area contributed by atoms with E-state index < -0.39 is 37.3 Å². The van der Waals surface area contributed by atoms with Crippen molar-refractivity contribution in [3.63, 3.8) is 0 Å². The Morgan fingerprint density at radius 3 is 2.50 bits per heavy atom. The molecule has 1 unspecified atom stereocenters. The number of aromatic nitrogens is 2. The van der Waals surface area contributed by atoms with Crippen LogP contribution in [0.2, 0.25) is 0 Å². The van der Waals surface area contributed by atoms with Gasteiger partial charge < -0.3 is 29.9 Å². The van der Waals surface area contributed by atoms with Gasteiger partial charge in [0, 0.05) is 11.7 Å². The van der Waals surface area contributed by atoms with E-state index >= 15 is 0 Å². The molecule has 1 aromatic heterocycles. The van der Waals surface area contributed by atoms with E-state index in [1.54, 1.807) is 6.07 Å². The number of nitrogens with one attached hydrogen (secondary N) is 1. The van der Waals surface area contributed by atoms with Crippen molar-refractivity contribution in [3.05, 3.63) is 58.8 Å². The number of aliphatic hydroxyl groups excluding tert-OH is 4. The summed E-state index contributed by atoms with van der Waals surface area (Å²) < 4.78 is 11.5. The van der Waals surface area contributed by atoms with Gasteiger partial charge in [-0.15, -0.1) is 0 Å². The van der Waals surface area contributed by atoms with Gasteiger partial charge in [0.15, 0.2) is 0 Å². The molecule has 2 heterocycles. The van der Waals surface area contributed by atoms with Crippen LogP contribution in [0.4, 0.5) is 0 Å². The highest BCUT2D eigenvalue weighted by Gasteiger charge is 2.45. The molecule has 1 aliphatic heterocycles. The first-order valence-corrected chi connectivity index (χ1v) is 11.0. The molecule has 0 saturated carbocycles. The van der Waals surface area contributed by atoms with Gasteiger partial charge in [0.05, 0.1) is 23.2 Å². The molecule has 6 atom stereocenters. The van der Waals surface area contributed by atoms with Crippen LogP contribution in [0.25, 0.3) is 10.9 Å². The number of aromatic amines is 1. The molecule has 1 saturated heterocycles. The predicted octanol–water partition coefficient (Wildman–Crippen LogP) is 1.63. The third-order valence-corrected chi connectivity index (χ3v) is 6.07. The van der Waals surface area contributed by atoms with Crippen LogP contribution in [0.3, 0.4) is 0 Å². The van der Waals surface area contributed by atoms with Crippen molar-refractivity contribution in [2.24, 2.45) is 0 Å². The summed E-state index contributed by atoms with van der Waals surface area (Å²) in [5.74, 6) is 0.425. The summed E-state index contributed by atoms with van der Waals surface area (Å²) >= 11 is 4.46. The molecule has 1 aliphatic rings. The van der Waals surface area contributed by atoms with Gasteiger partial charge in [-0.25, -0.2) is 0 Å². The summed E-state index contributed by atoms with van der Waals surface area (Å²) in [5.41, 5.74) is 4.62. The topological polar surface area (TPSA) is 128 Å². The van der Waals surface area contributed by atoms with E-state index in [9.17, 15) is 20.4 Å². The molecule has 1 fully saturated rings. The van der Waals surface area contributed by atoms with Crippen LogP contribution in [-0.4, -0.2) is 67.9 Å². The maximum atomic E-state index is 10.4. The molecule has 172 valence electrons. The Bertz CT molecular complexity index is 1070. The third-order valence-electron chi connectivity index (χ3n) is 5.77. The normalized spacial score (nSPS) is 26.9. The van der Waals surface area contributed by atoms with Crippen molar-refractivity contribution in [1.82, 2.24) is 10.2 Å². The lowest BCUT2D eigenvalue weighted by molar-refractivity contribution is -0.277. The smallest absolute Gasteiger partial charge is 0.229 e. The largest absolute Gasteiger partial charge is 0.461 e. The van der Waals surface area contributed by atoms with E-state index in [0.29, 0.717) is 17.7 Å². The lowest BCUT2D eigenvalue weighted by Crippen LogP contribution is -2.60. The highest BCUT2D eigenvalue weighted by molar-refractivity contribution is 7.80. The van der Waals surface area contributed by atoms with Gasteiger partial charge in [-0.05, 0) is 42.7 Å². The summed E-state index contributed by atoms with van der Waals surface area (Å²) in [7, 11) is 0. The summed E-state index contributed by atoms with van der Waals surface area (Å²) in [6.45, 7) is 3.39. The number of hydrogen-bond donors (Lipinski definition) is 6. The fraction of sp³-hybridized carbons (Fsp3) is 0.435. The minimum Gasteiger partial charge on any atom is -0.461 e. The predicted molar refractivity (Wildman–Crippen MR) is 122 cm³/mol. The minimum atomic E-state index is -1.51. The number of ether oxygens (including phenoxy) is 2. The SMILES string of the molecule is Cc1cc(O[C@@H]2O[C@H](CO)[C@@H](O)[C@H](O)[C@H]2O)c2c(Cc3ccc(C(C)S)cc3)[nH]nc2c1. The first kappa shape index (κ1) is 23.0. The first-order valence-electron chi connectivity index (χ1n) is 10.5. The van der Waals surface area contributed by atoms with Crippen molar-refractivity contribution >= 4 is 23.5 Å². The van der Waals surface area contributed by atoms with Gasteiger partial charge in [0.25, 0.3) is 0 Å². The van der Waals surface area contributed by atoms with Crippen LogP contribution in [-0.2, 0) is 11.2 Å². The second-order valence-corrected chi connectivity index (χ2v) is 9.04. The number of aryl methyl sites for hydroxylation is 1. The highest BCUT2D eigenvalue weighted by atomic mass is 32.1. The molecular weight excluding hydrogens is 432 g/mol. The second-order valence-electron chi connectivity index (χ2n) is 8.27. The summed E-state index contributed by atoms with van der Waals surface area (Å²) in [5, 5.41) is 48.3. The maximum absolute atomic E-state index is 10.4. The number of hydrogen-bond acceptors (Lipinski definition) is 8. The zero-order valence-electron chi connectivity index (χ0n) is 17.8. The first-order chi connectivity index (χ1) is 15.3. The van der Waals surface area contributed by atoms with Crippen LogP contribution < -0.4 is 4.74 Å². The molecule has 0 radical (unpaired) electrons. The average molecular weight is 461 g/mol. The van der Waals surface area contributed by atoms with Gasteiger partial charge in [-0.1, -0.05) is 24.3 Å². The zero-order valence-corrected chi connectivity index (χ0v) is 18.7. The van der Waals surface area contributed by atoms with E-state index in [1.807, 2.05) is 44.2 Å². The van der Waals surface area contributed by atoms with E-state index in [1.165, 1.54) is 0 Å². The van der Waals surface area contributed by atoms with Crippen molar-refractivity contribution in [2.75, 3.05) is 6.61 Å². The lowest BCUT2D eigenvalue weighted by atomic mass is 9.99. The number of thiol groups is 1. The van der Waals surface area contributed by atoms with E-state index in [4.69, 9.17) is 9.47 Å². The van der Waals surface area contributed by atoms with Gasteiger partial charge in [-0.3, -0.25) is 5.10 Å². The minimum absolute atomic E-state index is 0.151. The lowest BCUT2D eigenvalue weighted by Gasteiger charge is -2.39. The molecule has 5 N–H and O–H groups in total. The Labute approximate surface area is 191 Å². The summed E-state index contributed by atoms with van der Waals surface area (Å²) in [4.78, 5) is 0. The average Bonchev–Trinajstić information content (AvgIpc) is 3.16. The highest BCUT2D eigenvalue weighted by Crippen LogP contribution is 2.33. The Balaban J connectivity index is 1.65. The number of benzene rings is 2. The Morgan fingerprint density at radius 2 is 1.84 bits per heavy atom. The standard InChI is InChI=1S/C23H28N2O6S/c1-11-7-15-19(16(25-24-15)9-13-3-5-14(6-4-13)12(2)32)17(8-11)30-23-22(29)21(28)20(27)18(10-26)31-23/h3-8,12,18,20-23,26-29,32H,9-10H2,1-2H3,(H,24,25)/t12?,18-,20-,21+,22-,23-/m1/s1. The Kier molecular flexibility index (Phi) is 6.75. The third kappa shape index (κ3) is 4.50.